The molecule has 7 heteroatoms. The van der Waals surface area contributed by atoms with Crippen LogP contribution in [0.3, 0.4) is 0 Å². The van der Waals surface area contributed by atoms with E-state index in [9.17, 15) is 0 Å². The maximum Gasteiger partial charge on any atom is 0.191 e. The summed E-state index contributed by atoms with van der Waals surface area (Å²) in [6, 6.07) is 14.8. The van der Waals surface area contributed by atoms with Gasteiger partial charge in [-0.1, -0.05) is 30.3 Å². The lowest BCUT2D eigenvalue weighted by Gasteiger charge is -2.26. The summed E-state index contributed by atoms with van der Waals surface area (Å²) in [5.41, 5.74) is 3.64. The predicted octanol–water partition coefficient (Wildman–Crippen LogP) is 2.83. The van der Waals surface area contributed by atoms with E-state index in [0.717, 1.165) is 64.0 Å². The molecule has 6 nitrogen and oxygen atoms in total. The van der Waals surface area contributed by atoms with Crippen molar-refractivity contribution in [3.63, 3.8) is 0 Å². The first-order valence-corrected chi connectivity index (χ1v) is 10.1. The molecule has 158 valence electrons. The van der Waals surface area contributed by atoms with Crippen LogP contribution in [0.25, 0.3) is 0 Å². The van der Waals surface area contributed by atoms with Crippen LogP contribution in [0.4, 0.5) is 0 Å². The van der Waals surface area contributed by atoms with Gasteiger partial charge in [-0.3, -0.25) is 9.88 Å². The third kappa shape index (κ3) is 8.67. The van der Waals surface area contributed by atoms with E-state index in [4.69, 9.17) is 9.73 Å². The average molecular weight is 509 g/mol. The second-order valence-electron chi connectivity index (χ2n) is 6.90. The molecule has 2 heterocycles. The predicted molar refractivity (Wildman–Crippen MR) is 129 cm³/mol. The van der Waals surface area contributed by atoms with Gasteiger partial charge in [0.15, 0.2) is 5.96 Å². The highest BCUT2D eigenvalue weighted by molar-refractivity contribution is 14.0. The normalized spacial score (nSPS) is 14.9. The summed E-state index contributed by atoms with van der Waals surface area (Å²) in [6.07, 6.45) is 2.71. The van der Waals surface area contributed by atoms with E-state index in [1.54, 1.807) is 0 Å². The first kappa shape index (κ1) is 23.6. The smallest absolute Gasteiger partial charge is 0.191 e. The van der Waals surface area contributed by atoms with Gasteiger partial charge >= 0.3 is 0 Å². The molecular weight excluding hydrogens is 477 g/mol. The monoisotopic (exact) mass is 509 g/mol. The molecule has 0 aliphatic carbocycles. The van der Waals surface area contributed by atoms with E-state index in [1.165, 1.54) is 11.1 Å². The number of aromatic nitrogens is 1. The van der Waals surface area contributed by atoms with Crippen molar-refractivity contribution in [1.82, 2.24) is 20.5 Å². The van der Waals surface area contributed by atoms with Gasteiger partial charge in [-0.2, -0.15) is 0 Å². The third-order valence-corrected chi connectivity index (χ3v) is 4.70. The molecule has 2 aromatic rings. The Balaban J connectivity index is 0.00000300. The SMILES string of the molecule is CCNC(=NCc1ccc(CN2CCOCC2)cc1)NCCc1ccccn1.I. The summed E-state index contributed by atoms with van der Waals surface area (Å²) in [7, 11) is 0. The van der Waals surface area contributed by atoms with Crippen molar-refractivity contribution in [1.29, 1.82) is 0 Å². The molecule has 0 spiro atoms. The zero-order valence-electron chi connectivity index (χ0n) is 17.1. The number of benzene rings is 1. The lowest BCUT2D eigenvalue weighted by molar-refractivity contribution is 0.0342. The number of morpholine rings is 1. The molecule has 1 aliphatic heterocycles. The summed E-state index contributed by atoms with van der Waals surface area (Å²) >= 11 is 0. The molecule has 1 saturated heterocycles. The van der Waals surface area contributed by atoms with Crippen LogP contribution in [-0.4, -0.2) is 55.2 Å². The molecule has 0 atom stereocenters. The number of rotatable bonds is 8. The van der Waals surface area contributed by atoms with Crippen LogP contribution in [0.1, 0.15) is 23.7 Å². The highest BCUT2D eigenvalue weighted by Crippen LogP contribution is 2.10. The summed E-state index contributed by atoms with van der Waals surface area (Å²) in [5.74, 6) is 0.843. The Morgan fingerprint density at radius 1 is 1.07 bits per heavy atom. The van der Waals surface area contributed by atoms with Gasteiger partial charge in [-0.15, -0.1) is 24.0 Å². The van der Waals surface area contributed by atoms with Gasteiger partial charge in [0.2, 0.25) is 0 Å². The minimum Gasteiger partial charge on any atom is -0.379 e. The van der Waals surface area contributed by atoms with E-state index in [1.807, 2.05) is 24.4 Å². The number of halogens is 1. The average Bonchev–Trinajstić information content (AvgIpc) is 2.74. The number of pyridine rings is 1. The highest BCUT2D eigenvalue weighted by Gasteiger charge is 2.10. The Morgan fingerprint density at radius 3 is 2.52 bits per heavy atom. The molecule has 1 fully saturated rings. The third-order valence-electron chi connectivity index (χ3n) is 4.70. The van der Waals surface area contributed by atoms with Crippen LogP contribution in [0.15, 0.2) is 53.7 Å². The van der Waals surface area contributed by atoms with Gasteiger partial charge in [0, 0.05) is 51.0 Å². The number of hydrogen-bond acceptors (Lipinski definition) is 4. The first-order chi connectivity index (χ1) is 13.8. The number of nitrogens with zero attached hydrogens (tertiary/aromatic N) is 3. The fourth-order valence-electron chi connectivity index (χ4n) is 3.13. The van der Waals surface area contributed by atoms with E-state index >= 15 is 0 Å². The molecule has 2 N–H and O–H groups in total. The van der Waals surface area contributed by atoms with E-state index < -0.39 is 0 Å². The Kier molecular flexibility index (Phi) is 11.0. The van der Waals surface area contributed by atoms with Gasteiger partial charge in [0.1, 0.15) is 0 Å². The fourth-order valence-corrected chi connectivity index (χ4v) is 3.13. The molecule has 3 rings (SSSR count). The van der Waals surface area contributed by atoms with Crippen molar-refractivity contribution in [3.8, 4) is 0 Å². The highest BCUT2D eigenvalue weighted by atomic mass is 127. The van der Waals surface area contributed by atoms with Crippen molar-refractivity contribution in [2.75, 3.05) is 39.4 Å². The van der Waals surface area contributed by atoms with Crippen molar-refractivity contribution in [3.05, 3.63) is 65.5 Å². The van der Waals surface area contributed by atoms with Gasteiger partial charge in [-0.05, 0) is 30.2 Å². The van der Waals surface area contributed by atoms with Crippen molar-refractivity contribution in [2.45, 2.75) is 26.4 Å². The Hall–Kier alpha value is -1.71. The van der Waals surface area contributed by atoms with Crippen molar-refractivity contribution >= 4 is 29.9 Å². The van der Waals surface area contributed by atoms with Gasteiger partial charge in [0.05, 0.1) is 19.8 Å². The maximum atomic E-state index is 5.41. The standard InChI is InChI=1S/C22H31N5O.HI/c1-2-23-22(25-12-10-21-5-3-4-11-24-21)26-17-19-6-8-20(9-7-19)18-27-13-15-28-16-14-27;/h3-9,11H,2,10,12-18H2,1H3,(H2,23,25,26);1H. The van der Waals surface area contributed by atoms with Crippen molar-refractivity contribution in [2.24, 2.45) is 4.99 Å². The molecule has 0 saturated carbocycles. The van der Waals surface area contributed by atoms with Gasteiger partial charge in [0.25, 0.3) is 0 Å². The minimum atomic E-state index is 0. The van der Waals surface area contributed by atoms with Gasteiger partial charge in [-0.25, -0.2) is 4.99 Å². The minimum absolute atomic E-state index is 0. The topological polar surface area (TPSA) is 61.8 Å². The second kappa shape index (κ2) is 13.5. The van der Waals surface area contributed by atoms with Crippen LogP contribution in [0.2, 0.25) is 0 Å². The molecule has 1 aromatic carbocycles. The largest absolute Gasteiger partial charge is 0.379 e. The molecule has 1 aromatic heterocycles. The van der Waals surface area contributed by atoms with Crippen LogP contribution in [-0.2, 0) is 24.2 Å². The molecule has 29 heavy (non-hydrogen) atoms. The van der Waals surface area contributed by atoms with E-state index in [0.29, 0.717) is 6.54 Å². The maximum absolute atomic E-state index is 5.41. The Morgan fingerprint density at radius 2 is 1.83 bits per heavy atom. The Bertz CT molecular complexity index is 718. The lowest BCUT2D eigenvalue weighted by Crippen LogP contribution is -2.38. The van der Waals surface area contributed by atoms with E-state index in [2.05, 4.69) is 51.7 Å². The van der Waals surface area contributed by atoms with E-state index in [-0.39, 0.29) is 24.0 Å². The number of aliphatic imine (C=N–C) groups is 1. The lowest BCUT2D eigenvalue weighted by atomic mass is 10.1. The first-order valence-electron chi connectivity index (χ1n) is 10.1. The summed E-state index contributed by atoms with van der Waals surface area (Å²) in [5, 5.41) is 6.69. The molecule has 0 amide bonds. The van der Waals surface area contributed by atoms with Crippen LogP contribution < -0.4 is 10.6 Å². The van der Waals surface area contributed by atoms with Gasteiger partial charge < -0.3 is 15.4 Å². The number of hydrogen-bond donors (Lipinski definition) is 2. The molecule has 1 aliphatic rings. The zero-order valence-corrected chi connectivity index (χ0v) is 19.5. The number of ether oxygens (including phenoxy) is 1. The second-order valence-corrected chi connectivity index (χ2v) is 6.90. The van der Waals surface area contributed by atoms with Crippen LogP contribution >= 0.6 is 24.0 Å². The van der Waals surface area contributed by atoms with Crippen LogP contribution in [0.5, 0.6) is 0 Å². The number of nitrogens with one attached hydrogen (secondary N) is 2. The quantitative estimate of drug-likeness (QED) is 0.326. The van der Waals surface area contributed by atoms with Crippen molar-refractivity contribution < 1.29 is 4.74 Å². The molecular formula is C22H32IN5O. The fraction of sp³-hybridized carbons (Fsp3) is 0.455. The number of guanidine groups is 1. The summed E-state index contributed by atoms with van der Waals surface area (Å²) < 4.78 is 5.41. The molecule has 0 unspecified atom stereocenters. The van der Waals surface area contributed by atoms with Crippen LogP contribution in [0, 0.1) is 0 Å². The molecule has 0 radical (unpaired) electrons. The summed E-state index contributed by atoms with van der Waals surface area (Å²) in [6.45, 7) is 9.10. The molecule has 0 bridgehead atoms. The summed E-state index contributed by atoms with van der Waals surface area (Å²) in [4.78, 5) is 11.5. The Labute approximate surface area is 191 Å². The zero-order chi connectivity index (χ0) is 19.4.